The molecule has 0 spiro atoms. The highest BCUT2D eigenvalue weighted by Gasteiger charge is 2.34. The Morgan fingerprint density at radius 1 is 0.344 bits per heavy atom. The SMILES string of the molecule is CCCCCCCCN(CC(O)CN(CC(O)CN(CCCCCCCC)C(CC(=O)O)C(=O)O)CC(O)CN(CCCCCCCC)C(CC(=O)O)C(=O)O)C(CC(=O)O)C(=O)O. The predicted molar refractivity (Wildman–Crippen MR) is 240 cm³/mol. The molecule has 9 N–H and O–H groups in total. The van der Waals surface area contributed by atoms with Crippen molar-refractivity contribution in [1.82, 2.24) is 19.6 Å². The minimum atomic E-state index is -1.47. The van der Waals surface area contributed by atoms with Gasteiger partial charge in [-0.1, -0.05) is 117 Å². The van der Waals surface area contributed by atoms with E-state index < -0.39 is 91.5 Å². The molecule has 0 aromatic heterocycles. The first-order chi connectivity index (χ1) is 30.4. The Balaban J connectivity index is 6.71. The van der Waals surface area contributed by atoms with Crippen LogP contribution in [-0.2, 0) is 28.8 Å². The van der Waals surface area contributed by atoms with Gasteiger partial charge in [0.05, 0.1) is 37.6 Å². The molecule has 0 aliphatic carbocycles. The van der Waals surface area contributed by atoms with Gasteiger partial charge in [-0.05, 0) is 38.9 Å². The highest BCUT2D eigenvalue weighted by Crippen LogP contribution is 2.17. The normalized spacial score (nSPS) is 14.7. The molecule has 64 heavy (non-hydrogen) atoms. The van der Waals surface area contributed by atoms with Gasteiger partial charge in [0.15, 0.2) is 0 Å². The fourth-order valence-corrected chi connectivity index (χ4v) is 8.13. The second kappa shape index (κ2) is 36.7. The summed E-state index contributed by atoms with van der Waals surface area (Å²) in [5.41, 5.74) is 0. The molecular formula is C45H84N4O15. The van der Waals surface area contributed by atoms with E-state index in [0.29, 0.717) is 19.3 Å². The summed E-state index contributed by atoms with van der Waals surface area (Å²) < 4.78 is 0. The summed E-state index contributed by atoms with van der Waals surface area (Å²) in [6.07, 6.45) is 9.34. The molecule has 0 aromatic carbocycles. The number of aliphatic carboxylic acids is 6. The van der Waals surface area contributed by atoms with Crippen LogP contribution >= 0.6 is 0 Å². The van der Waals surface area contributed by atoms with E-state index in [1.54, 1.807) is 0 Å². The van der Waals surface area contributed by atoms with E-state index in [1.165, 1.54) is 19.6 Å². The molecule has 0 saturated carbocycles. The van der Waals surface area contributed by atoms with Gasteiger partial charge in [-0.3, -0.25) is 48.4 Å². The number of aliphatic hydroxyl groups excluding tert-OH is 3. The van der Waals surface area contributed by atoms with Gasteiger partial charge in [0, 0.05) is 39.3 Å². The van der Waals surface area contributed by atoms with Crippen LogP contribution < -0.4 is 0 Å². The lowest BCUT2D eigenvalue weighted by molar-refractivity contribution is -0.150. The summed E-state index contributed by atoms with van der Waals surface area (Å²) in [5.74, 6) is -8.19. The number of rotatable bonds is 45. The molecule has 0 heterocycles. The molecule has 374 valence electrons. The van der Waals surface area contributed by atoms with E-state index in [1.807, 2.05) is 0 Å². The van der Waals surface area contributed by atoms with Crippen LogP contribution in [0.1, 0.15) is 156 Å². The highest BCUT2D eigenvalue weighted by atomic mass is 16.4. The smallest absolute Gasteiger partial charge is 0.321 e. The molecule has 0 saturated heterocycles. The zero-order valence-electron chi connectivity index (χ0n) is 38.9. The van der Waals surface area contributed by atoms with Crippen LogP contribution in [0.15, 0.2) is 0 Å². The van der Waals surface area contributed by atoms with E-state index >= 15 is 0 Å². The van der Waals surface area contributed by atoms with Gasteiger partial charge in [0.2, 0.25) is 0 Å². The summed E-state index contributed by atoms with van der Waals surface area (Å²) >= 11 is 0. The Hall–Kier alpha value is -3.46. The molecule has 0 bridgehead atoms. The molecule has 0 aromatic rings. The molecule has 19 nitrogen and oxygen atoms in total. The van der Waals surface area contributed by atoms with Crippen molar-refractivity contribution in [2.24, 2.45) is 0 Å². The highest BCUT2D eigenvalue weighted by molar-refractivity contribution is 5.81. The maximum atomic E-state index is 12.3. The molecule has 6 unspecified atom stereocenters. The largest absolute Gasteiger partial charge is 0.481 e. The topological polar surface area (TPSA) is 297 Å². The van der Waals surface area contributed by atoms with Crippen LogP contribution in [0.5, 0.6) is 0 Å². The van der Waals surface area contributed by atoms with Crippen LogP contribution in [0, 0.1) is 0 Å². The molecule has 0 fully saturated rings. The number of carboxylic acids is 6. The standard InChI is InChI=1S/C45H84N4O15/c1-4-7-10-13-16-19-22-47(37(43(59)60)25-40(53)54)31-34(50)28-46(29-35(51)32-48(23-20-17-14-11-8-5-2)38(44(61)62)26-41(55)56)30-36(52)33-49(24-21-18-15-12-9-6-3)39(45(63)64)27-42(57)58/h34-39,50-52H,4-33H2,1-3H3,(H,53,54)(H,55,56)(H,57,58)(H,59,60)(H,61,62)(H,63,64). The molecule has 0 aliphatic heterocycles. The average Bonchev–Trinajstić information content (AvgIpc) is 3.20. The Labute approximate surface area is 380 Å². The van der Waals surface area contributed by atoms with Gasteiger partial charge < -0.3 is 46.0 Å². The molecule has 19 heteroatoms. The molecule has 0 radical (unpaired) electrons. The van der Waals surface area contributed by atoms with Gasteiger partial charge >= 0.3 is 35.8 Å². The van der Waals surface area contributed by atoms with E-state index in [4.69, 9.17) is 0 Å². The molecule has 0 amide bonds. The zero-order chi connectivity index (χ0) is 48.5. The lowest BCUT2D eigenvalue weighted by atomic mass is 10.1. The van der Waals surface area contributed by atoms with Crippen molar-refractivity contribution in [3.63, 3.8) is 0 Å². The second-order valence-electron chi connectivity index (χ2n) is 17.3. The number of carbonyl (C=O) groups is 6. The van der Waals surface area contributed by atoms with Crippen molar-refractivity contribution >= 4 is 35.8 Å². The summed E-state index contributed by atoms with van der Waals surface area (Å²) in [7, 11) is 0. The van der Waals surface area contributed by atoms with Gasteiger partial charge in [-0.15, -0.1) is 0 Å². The van der Waals surface area contributed by atoms with Crippen molar-refractivity contribution in [2.75, 3.05) is 58.9 Å². The zero-order valence-corrected chi connectivity index (χ0v) is 38.9. The Kier molecular flexibility index (Phi) is 34.7. The maximum absolute atomic E-state index is 12.3. The number of carboxylic acid groups (broad SMARTS) is 6. The van der Waals surface area contributed by atoms with Crippen LogP contribution in [-0.4, -0.2) is 197 Å². The third kappa shape index (κ3) is 29.9. The van der Waals surface area contributed by atoms with E-state index in [2.05, 4.69) is 20.8 Å². The average molecular weight is 921 g/mol. The van der Waals surface area contributed by atoms with E-state index in [0.717, 1.165) is 96.3 Å². The first-order valence-electron chi connectivity index (χ1n) is 23.7. The van der Waals surface area contributed by atoms with E-state index in [-0.39, 0.29) is 58.9 Å². The van der Waals surface area contributed by atoms with Crippen LogP contribution in [0.2, 0.25) is 0 Å². The number of nitrogens with zero attached hydrogens (tertiary/aromatic N) is 4. The second-order valence-corrected chi connectivity index (χ2v) is 17.3. The molecule has 6 atom stereocenters. The van der Waals surface area contributed by atoms with Crippen molar-refractivity contribution in [3.8, 4) is 0 Å². The van der Waals surface area contributed by atoms with Gasteiger partial charge in [-0.2, -0.15) is 0 Å². The quantitative estimate of drug-likeness (QED) is 0.0388. The molecular weight excluding hydrogens is 837 g/mol. The Bertz CT molecular complexity index is 1160. The summed E-state index contributed by atoms with van der Waals surface area (Å²) in [6, 6.07) is -4.41. The Morgan fingerprint density at radius 2 is 0.562 bits per heavy atom. The van der Waals surface area contributed by atoms with E-state index in [9.17, 15) is 74.7 Å². The fourth-order valence-electron chi connectivity index (χ4n) is 8.13. The monoisotopic (exact) mass is 921 g/mol. The third-order valence-electron chi connectivity index (χ3n) is 11.4. The Morgan fingerprint density at radius 3 is 0.766 bits per heavy atom. The first-order valence-corrected chi connectivity index (χ1v) is 23.7. The summed E-state index contributed by atoms with van der Waals surface area (Å²) in [4.78, 5) is 77.9. The van der Waals surface area contributed by atoms with Crippen molar-refractivity contribution in [3.05, 3.63) is 0 Å². The minimum Gasteiger partial charge on any atom is -0.481 e. The molecule has 0 rings (SSSR count). The number of aliphatic hydroxyl groups is 3. The summed E-state index contributed by atoms with van der Waals surface area (Å²) in [6.45, 7) is 4.93. The predicted octanol–water partition coefficient (Wildman–Crippen LogP) is 4.14. The number of unbranched alkanes of at least 4 members (excludes halogenated alkanes) is 15. The molecule has 0 aliphatic rings. The van der Waals surface area contributed by atoms with Crippen molar-refractivity contribution in [1.29, 1.82) is 0 Å². The van der Waals surface area contributed by atoms with Crippen LogP contribution in [0.4, 0.5) is 0 Å². The number of hydrogen-bond acceptors (Lipinski definition) is 13. The van der Waals surface area contributed by atoms with Crippen molar-refractivity contribution in [2.45, 2.75) is 192 Å². The maximum Gasteiger partial charge on any atom is 0.321 e. The van der Waals surface area contributed by atoms with Gasteiger partial charge in [0.25, 0.3) is 0 Å². The van der Waals surface area contributed by atoms with Crippen molar-refractivity contribution < 1.29 is 74.7 Å². The van der Waals surface area contributed by atoms with Crippen LogP contribution in [0.3, 0.4) is 0 Å². The lowest BCUT2D eigenvalue weighted by Crippen LogP contribution is -2.53. The number of hydrogen-bond donors (Lipinski definition) is 9. The van der Waals surface area contributed by atoms with Crippen LogP contribution in [0.25, 0.3) is 0 Å². The fraction of sp³-hybridized carbons (Fsp3) is 0.867. The van der Waals surface area contributed by atoms with Gasteiger partial charge in [0.1, 0.15) is 18.1 Å². The summed E-state index contributed by atoms with van der Waals surface area (Å²) in [5, 5.41) is 93.5. The third-order valence-corrected chi connectivity index (χ3v) is 11.4. The first kappa shape index (κ1) is 60.5. The minimum absolute atomic E-state index is 0.166. The van der Waals surface area contributed by atoms with Gasteiger partial charge in [-0.25, -0.2) is 0 Å². The lowest BCUT2D eigenvalue weighted by Gasteiger charge is -2.36.